The van der Waals surface area contributed by atoms with Crippen molar-refractivity contribution in [3.8, 4) is 5.75 Å². The second kappa shape index (κ2) is 31.9. The Morgan fingerprint density at radius 1 is 0.527 bits per heavy atom. The van der Waals surface area contributed by atoms with E-state index in [9.17, 15) is 78.3 Å². The first kappa shape index (κ1) is 65.4. The Hall–Kier alpha value is -6.58. The number of carboxylic acids is 2. The number of thioether (sulfide) groups is 1. The van der Waals surface area contributed by atoms with Gasteiger partial charge in [-0.3, -0.25) is 47.9 Å². The summed E-state index contributed by atoms with van der Waals surface area (Å²) < 4.78 is 0. The molecule has 9 amide bonds. The van der Waals surface area contributed by atoms with Gasteiger partial charge in [0, 0.05) is 6.42 Å². The number of aliphatic hydroxyl groups excluding tert-OH is 2. The van der Waals surface area contributed by atoms with E-state index in [1.165, 1.54) is 43.0 Å². The number of benzene rings is 1. The molecule has 27 heteroatoms. The molecule has 0 heterocycles. The lowest BCUT2D eigenvalue weighted by Crippen LogP contribution is -2.63. The lowest BCUT2D eigenvalue weighted by atomic mass is 10.0. The van der Waals surface area contributed by atoms with Crippen molar-refractivity contribution in [3.63, 3.8) is 0 Å². The summed E-state index contributed by atoms with van der Waals surface area (Å²) in [6, 6.07) is -8.45. The standard InChI is InChI=1S/C47H76N10O16S/c1-21(2)16-30(51-39(64)28(48)19-34(49)61)42(67)52-33(20-35(62)63)44(69)57-38(25(8)59)45(70)53-31(17-22(3)4)41(66)50-29(14-15-74-9)40(65)56-37(24(7)58)46(71)54-32(18-26-10-12-27(60)13-11-26)43(68)55-36(23(5)6)47(72)73/h10-13,21-25,28-33,36-38,58-60H,14-20,48H2,1-9H3,(H2,49,61)(H,50,66)(H,51,64)(H,52,67)(H,53,70)(H,54,71)(H,55,68)(H,56,65)(H,57,69)(H,62,63)(H,72,73)/t24-,25-,28+,29+,30+,31+,32+,33+,36+,37+,38+/m1/s1. The SMILES string of the molecule is CSCC[C@H](NC(=O)[C@H](CC(C)C)NC(=O)[C@@H](NC(=O)[C@H](CC(=O)O)NC(=O)[C@H](CC(C)C)NC(=O)[C@@H](N)CC(N)=O)[C@@H](C)O)C(=O)N[C@H](C(=O)N[C@@H](Cc1ccc(O)cc1)C(=O)N[C@H](C(=O)O)C(C)C)[C@@H](C)O. The molecule has 0 aliphatic heterocycles. The average Bonchev–Trinajstić information content (AvgIpc) is 3.28. The first-order valence-electron chi connectivity index (χ1n) is 23.9. The third-order valence-corrected chi connectivity index (χ3v) is 11.7. The van der Waals surface area contributed by atoms with Gasteiger partial charge in [-0.25, -0.2) is 4.79 Å². The van der Waals surface area contributed by atoms with Crippen molar-refractivity contribution in [3.05, 3.63) is 29.8 Å². The summed E-state index contributed by atoms with van der Waals surface area (Å²) in [5, 5.41) is 69.7. The van der Waals surface area contributed by atoms with Crippen molar-refractivity contribution in [1.29, 1.82) is 0 Å². The van der Waals surface area contributed by atoms with Crippen molar-refractivity contribution in [1.82, 2.24) is 42.5 Å². The Morgan fingerprint density at radius 3 is 1.32 bits per heavy atom. The molecular formula is C47H76N10O16S. The van der Waals surface area contributed by atoms with E-state index >= 15 is 0 Å². The van der Waals surface area contributed by atoms with Gasteiger partial charge in [-0.1, -0.05) is 53.7 Å². The molecular weight excluding hydrogens is 993 g/mol. The molecule has 1 rings (SSSR count). The molecule has 0 saturated heterocycles. The Labute approximate surface area is 433 Å². The van der Waals surface area contributed by atoms with E-state index in [-0.39, 0.29) is 49.0 Å². The maximum atomic E-state index is 14.1. The summed E-state index contributed by atoms with van der Waals surface area (Å²) in [4.78, 5) is 144. The van der Waals surface area contributed by atoms with E-state index in [0.29, 0.717) is 5.56 Å². The summed E-state index contributed by atoms with van der Waals surface area (Å²) in [5.74, 6) is -13.0. The number of aromatic hydroxyl groups is 1. The maximum absolute atomic E-state index is 14.1. The molecule has 0 aliphatic carbocycles. The first-order valence-corrected chi connectivity index (χ1v) is 25.3. The minimum absolute atomic E-state index is 0.0311. The quantitative estimate of drug-likeness (QED) is 0.0330. The molecule has 0 saturated carbocycles. The van der Waals surface area contributed by atoms with Crippen molar-refractivity contribution in [2.75, 3.05) is 12.0 Å². The van der Waals surface area contributed by atoms with Crippen LogP contribution >= 0.6 is 11.8 Å². The van der Waals surface area contributed by atoms with Crippen molar-refractivity contribution < 1.29 is 78.3 Å². The van der Waals surface area contributed by atoms with Crippen molar-refractivity contribution >= 4 is 76.9 Å². The Morgan fingerprint density at radius 2 is 0.919 bits per heavy atom. The predicted molar refractivity (Wildman–Crippen MR) is 269 cm³/mol. The molecule has 1 aromatic carbocycles. The summed E-state index contributed by atoms with van der Waals surface area (Å²) in [6.07, 6.45) is -3.58. The van der Waals surface area contributed by atoms with Gasteiger partial charge >= 0.3 is 11.9 Å². The van der Waals surface area contributed by atoms with Gasteiger partial charge in [-0.2, -0.15) is 11.8 Å². The molecule has 0 bridgehead atoms. The Bertz CT molecular complexity index is 2110. The number of nitrogens with one attached hydrogen (secondary N) is 8. The molecule has 1 aromatic rings. The van der Waals surface area contributed by atoms with Crippen molar-refractivity contribution in [2.24, 2.45) is 29.2 Å². The van der Waals surface area contributed by atoms with E-state index in [1.54, 1.807) is 47.8 Å². The summed E-state index contributed by atoms with van der Waals surface area (Å²) in [5.41, 5.74) is 11.3. The number of phenols is 1. The predicted octanol–water partition coefficient (Wildman–Crippen LogP) is -3.16. The normalized spacial score (nSPS) is 15.8. The first-order chi connectivity index (χ1) is 34.4. The molecule has 0 radical (unpaired) electrons. The number of aliphatic carboxylic acids is 2. The number of carbonyl (C=O) groups excluding carboxylic acids is 9. The summed E-state index contributed by atoms with van der Waals surface area (Å²) >= 11 is 1.29. The zero-order valence-corrected chi connectivity index (χ0v) is 43.9. The minimum Gasteiger partial charge on any atom is -0.508 e. The van der Waals surface area contributed by atoms with Crippen LogP contribution < -0.4 is 54.0 Å². The minimum atomic E-state index is -1.89. The van der Waals surface area contributed by atoms with Crippen LogP contribution in [0, 0.1) is 17.8 Å². The van der Waals surface area contributed by atoms with Crippen LogP contribution in [0.1, 0.15) is 93.1 Å². The fourth-order valence-corrected chi connectivity index (χ4v) is 7.58. The van der Waals surface area contributed by atoms with E-state index in [2.05, 4.69) is 42.5 Å². The van der Waals surface area contributed by atoms with E-state index in [1.807, 2.05) is 0 Å². The number of aliphatic hydroxyl groups is 2. The largest absolute Gasteiger partial charge is 0.508 e. The van der Waals surface area contributed by atoms with Crippen LogP contribution in [0.25, 0.3) is 0 Å². The molecule has 74 heavy (non-hydrogen) atoms. The number of rotatable bonds is 33. The highest BCUT2D eigenvalue weighted by molar-refractivity contribution is 7.98. The van der Waals surface area contributed by atoms with Gasteiger partial charge in [0.05, 0.1) is 31.1 Å². The van der Waals surface area contributed by atoms with Crippen LogP contribution in [0.5, 0.6) is 5.75 Å². The van der Waals surface area contributed by atoms with Gasteiger partial charge in [-0.05, 0) is 80.6 Å². The van der Waals surface area contributed by atoms with Crippen LogP contribution in [-0.4, -0.2) is 169 Å². The molecule has 416 valence electrons. The molecule has 0 aliphatic rings. The third-order valence-electron chi connectivity index (χ3n) is 11.1. The van der Waals surface area contributed by atoms with E-state index in [4.69, 9.17) is 11.5 Å². The van der Waals surface area contributed by atoms with Gasteiger partial charge in [-0.15, -0.1) is 0 Å². The molecule has 26 nitrogen and oxygen atoms in total. The Kier molecular flexibility index (Phi) is 28.2. The lowest BCUT2D eigenvalue weighted by molar-refractivity contribution is -0.143. The number of primary amides is 1. The molecule has 0 spiro atoms. The highest BCUT2D eigenvalue weighted by atomic mass is 32.2. The number of nitrogens with two attached hydrogens (primary N) is 2. The van der Waals surface area contributed by atoms with Gasteiger partial charge in [0.25, 0.3) is 0 Å². The number of phenolic OH excluding ortho intramolecular Hbond substituents is 1. The van der Waals surface area contributed by atoms with Gasteiger partial charge < -0.3 is 79.5 Å². The number of hydrogen-bond acceptors (Lipinski definition) is 16. The zero-order chi connectivity index (χ0) is 56.7. The van der Waals surface area contributed by atoms with Gasteiger partial charge in [0.15, 0.2) is 0 Å². The smallest absolute Gasteiger partial charge is 0.326 e. The molecule has 11 atom stereocenters. The summed E-state index contributed by atoms with van der Waals surface area (Å²) in [7, 11) is 0. The van der Waals surface area contributed by atoms with Crippen LogP contribution in [0.2, 0.25) is 0 Å². The van der Waals surface area contributed by atoms with Gasteiger partial charge in [0.1, 0.15) is 54.1 Å². The van der Waals surface area contributed by atoms with E-state index < -0.39 is 150 Å². The number of carboxylic acid groups (broad SMARTS) is 2. The second-order valence-corrected chi connectivity index (χ2v) is 20.1. The third kappa shape index (κ3) is 23.5. The van der Waals surface area contributed by atoms with Crippen LogP contribution in [-0.2, 0) is 59.2 Å². The molecule has 0 unspecified atom stereocenters. The Balaban J connectivity index is 3.44. The second-order valence-electron chi connectivity index (χ2n) is 19.1. The highest BCUT2D eigenvalue weighted by Crippen LogP contribution is 2.14. The number of amides is 9. The molecule has 0 aromatic heterocycles. The van der Waals surface area contributed by atoms with Crippen molar-refractivity contribution in [2.45, 2.75) is 160 Å². The maximum Gasteiger partial charge on any atom is 0.326 e. The number of carbonyl (C=O) groups is 11. The highest BCUT2D eigenvalue weighted by Gasteiger charge is 2.38. The van der Waals surface area contributed by atoms with Crippen LogP contribution in [0.15, 0.2) is 24.3 Å². The fraction of sp³-hybridized carbons (Fsp3) is 0.638. The molecule has 0 fully saturated rings. The average molecular weight is 1070 g/mol. The van der Waals surface area contributed by atoms with Gasteiger partial charge in [0.2, 0.25) is 53.2 Å². The zero-order valence-electron chi connectivity index (χ0n) is 43.1. The lowest BCUT2D eigenvalue weighted by Gasteiger charge is -2.29. The summed E-state index contributed by atoms with van der Waals surface area (Å²) in [6.45, 7) is 12.2. The van der Waals surface area contributed by atoms with Crippen LogP contribution in [0.3, 0.4) is 0 Å². The monoisotopic (exact) mass is 1070 g/mol. The molecule has 17 N–H and O–H groups in total. The number of hydrogen-bond donors (Lipinski definition) is 15. The topological polar surface area (TPSA) is 437 Å². The fourth-order valence-electron chi connectivity index (χ4n) is 7.11. The van der Waals surface area contributed by atoms with Crippen LogP contribution in [0.4, 0.5) is 0 Å². The van der Waals surface area contributed by atoms with E-state index in [0.717, 1.165) is 6.92 Å².